The Morgan fingerprint density at radius 3 is 2.45 bits per heavy atom. The lowest BCUT2D eigenvalue weighted by Crippen LogP contribution is -2.25. The smallest absolute Gasteiger partial charge is 0.344 e. The van der Waals surface area contributed by atoms with E-state index in [1.807, 2.05) is 0 Å². The molecule has 2 aromatic carbocycles. The molecule has 0 unspecified atom stereocenters. The number of nitrogens with zero attached hydrogens (tertiary/aromatic N) is 1. The van der Waals surface area contributed by atoms with Crippen LogP contribution in [0, 0.1) is 0 Å². The summed E-state index contributed by atoms with van der Waals surface area (Å²) in [6.07, 6.45) is 0. The second kappa shape index (κ2) is 10.9. The second-order valence-electron chi connectivity index (χ2n) is 6.52. The first kappa shape index (κ1) is 24.8. The molecule has 1 heterocycles. The van der Waals surface area contributed by atoms with E-state index in [0.717, 1.165) is 15.6 Å². The fraction of sp³-hybridized carbons (Fsp3) is 0.143. The van der Waals surface area contributed by atoms with Gasteiger partial charge in [-0.25, -0.2) is 13.2 Å². The van der Waals surface area contributed by atoms with Gasteiger partial charge in [0.25, 0.3) is 15.9 Å². The molecule has 1 amide bonds. The van der Waals surface area contributed by atoms with Crippen molar-refractivity contribution < 1.29 is 27.5 Å². The van der Waals surface area contributed by atoms with Crippen molar-refractivity contribution in [1.82, 2.24) is 0 Å². The standard InChI is InChI=1S/C21H18Cl2N2O6S2/c1-25(33(28,29)21-3-2-10-32-21)15-5-7-16(8-6-15)30-13-20(27)31-12-19(26)24-18-11-14(22)4-9-17(18)23/h2-11H,12-13H2,1H3,(H,24,26). The predicted octanol–water partition coefficient (Wildman–Crippen LogP) is 4.44. The van der Waals surface area contributed by atoms with Gasteiger partial charge in [-0.2, -0.15) is 0 Å². The lowest BCUT2D eigenvalue weighted by atomic mass is 10.3. The van der Waals surface area contributed by atoms with Gasteiger partial charge in [-0.05, 0) is 53.9 Å². The highest BCUT2D eigenvalue weighted by Gasteiger charge is 2.22. The molecule has 0 spiro atoms. The molecule has 3 aromatic rings. The molecular weight excluding hydrogens is 511 g/mol. The van der Waals surface area contributed by atoms with E-state index in [2.05, 4.69) is 5.32 Å². The van der Waals surface area contributed by atoms with Gasteiger partial charge >= 0.3 is 5.97 Å². The van der Waals surface area contributed by atoms with Crippen molar-refractivity contribution in [2.45, 2.75) is 4.21 Å². The number of halogens is 2. The molecule has 8 nitrogen and oxygen atoms in total. The number of thiophene rings is 1. The Kier molecular flexibility index (Phi) is 8.20. The molecule has 12 heteroatoms. The van der Waals surface area contributed by atoms with E-state index in [9.17, 15) is 18.0 Å². The predicted molar refractivity (Wildman–Crippen MR) is 128 cm³/mol. The van der Waals surface area contributed by atoms with Crippen LogP contribution in [0.5, 0.6) is 5.75 Å². The van der Waals surface area contributed by atoms with Crippen molar-refractivity contribution in [3.63, 3.8) is 0 Å². The highest BCUT2D eigenvalue weighted by molar-refractivity contribution is 7.94. The Morgan fingerprint density at radius 2 is 1.79 bits per heavy atom. The zero-order chi connectivity index (χ0) is 24.0. The second-order valence-corrected chi connectivity index (χ2v) is 10.5. The van der Waals surface area contributed by atoms with Gasteiger partial charge in [-0.15, -0.1) is 11.3 Å². The highest BCUT2D eigenvalue weighted by Crippen LogP contribution is 2.27. The number of benzene rings is 2. The molecule has 0 aliphatic rings. The molecular formula is C21H18Cl2N2O6S2. The number of carbonyl (C=O) groups excluding carboxylic acids is 2. The Bertz CT molecular complexity index is 1230. The molecule has 1 aromatic heterocycles. The van der Waals surface area contributed by atoms with Crippen LogP contribution in [0.3, 0.4) is 0 Å². The number of sulfonamides is 1. The maximum atomic E-state index is 12.6. The maximum Gasteiger partial charge on any atom is 0.344 e. The number of carbonyl (C=O) groups is 2. The van der Waals surface area contributed by atoms with E-state index in [0.29, 0.717) is 27.2 Å². The van der Waals surface area contributed by atoms with E-state index >= 15 is 0 Å². The van der Waals surface area contributed by atoms with E-state index in [1.165, 1.54) is 37.4 Å². The van der Waals surface area contributed by atoms with Crippen molar-refractivity contribution in [3.8, 4) is 5.75 Å². The van der Waals surface area contributed by atoms with Gasteiger partial charge in [0.05, 0.1) is 16.4 Å². The largest absolute Gasteiger partial charge is 0.482 e. The molecule has 0 saturated heterocycles. The summed E-state index contributed by atoms with van der Waals surface area (Å²) >= 11 is 12.9. The van der Waals surface area contributed by atoms with Crippen molar-refractivity contribution in [1.29, 1.82) is 0 Å². The number of anilines is 2. The molecule has 3 rings (SSSR count). The number of nitrogens with one attached hydrogen (secondary N) is 1. The molecule has 0 saturated carbocycles. The molecule has 1 N–H and O–H groups in total. The first-order valence-electron chi connectivity index (χ1n) is 9.32. The summed E-state index contributed by atoms with van der Waals surface area (Å²) in [5.74, 6) is -1.02. The summed E-state index contributed by atoms with van der Waals surface area (Å²) in [5.41, 5.74) is 0.724. The molecule has 0 radical (unpaired) electrons. The Morgan fingerprint density at radius 1 is 1.06 bits per heavy atom. The Labute approximate surface area is 204 Å². The molecule has 174 valence electrons. The number of amides is 1. The average molecular weight is 529 g/mol. The molecule has 0 atom stereocenters. The van der Waals surface area contributed by atoms with Crippen LogP contribution in [0.2, 0.25) is 10.0 Å². The summed E-state index contributed by atoms with van der Waals surface area (Å²) < 4.78 is 36.7. The zero-order valence-electron chi connectivity index (χ0n) is 17.2. The molecule has 0 bridgehead atoms. The SMILES string of the molecule is CN(c1ccc(OCC(=O)OCC(=O)Nc2cc(Cl)ccc2Cl)cc1)S(=O)(=O)c1cccs1. The van der Waals surface area contributed by atoms with E-state index < -0.39 is 35.1 Å². The van der Waals surface area contributed by atoms with Crippen LogP contribution in [0.4, 0.5) is 11.4 Å². The van der Waals surface area contributed by atoms with Crippen LogP contribution in [0.25, 0.3) is 0 Å². The molecule has 0 aliphatic heterocycles. The number of hydrogen-bond acceptors (Lipinski definition) is 7. The minimum atomic E-state index is -3.65. The third kappa shape index (κ3) is 6.61. The third-order valence-electron chi connectivity index (χ3n) is 4.23. The Hall–Kier alpha value is -2.79. The molecule has 0 aliphatic carbocycles. The van der Waals surface area contributed by atoms with Gasteiger partial charge in [0, 0.05) is 12.1 Å². The number of esters is 1. The first-order chi connectivity index (χ1) is 15.7. The third-order valence-corrected chi connectivity index (χ3v) is 7.96. The van der Waals surface area contributed by atoms with Crippen molar-refractivity contribution in [2.24, 2.45) is 0 Å². The minimum Gasteiger partial charge on any atom is -0.482 e. The fourth-order valence-corrected chi connectivity index (χ4v) is 5.24. The zero-order valence-corrected chi connectivity index (χ0v) is 20.3. The number of hydrogen-bond donors (Lipinski definition) is 1. The maximum absolute atomic E-state index is 12.6. The van der Waals surface area contributed by atoms with Gasteiger partial charge in [0.2, 0.25) is 0 Å². The van der Waals surface area contributed by atoms with Gasteiger partial charge in [-0.3, -0.25) is 9.10 Å². The van der Waals surface area contributed by atoms with Gasteiger partial charge in [0.15, 0.2) is 13.2 Å². The van der Waals surface area contributed by atoms with Crippen LogP contribution >= 0.6 is 34.5 Å². The average Bonchev–Trinajstić information content (AvgIpc) is 3.34. The van der Waals surface area contributed by atoms with Gasteiger partial charge < -0.3 is 14.8 Å². The van der Waals surface area contributed by atoms with Gasteiger partial charge in [-0.1, -0.05) is 29.3 Å². The molecule has 0 fully saturated rings. The lowest BCUT2D eigenvalue weighted by molar-refractivity contribution is -0.149. The summed E-state index contributed by atoms with van der Waals surface area (Å²) in [6, 6.07) is 13.9. The summed E-state index contributed by atoms with van der Waals surface area (Å²) in [6.45, 7) is -0.969. The monoisotopic (exact) mass is 528 g/mol. The van der Waals surface area contributed by atoms with Gasteiger partial charge in [0.1, 0.15) is 9.96 Å². The normalized spacial score (nSPS) is 11.0. The van der Waals surface area contributed by atoms with Crippen LogP contribution in [-0.4, -0.2) is 40.6 Å². The Balaban J connectivity index is 1.47. The summed E-state index contributed by atoms with van der Waals surface area (Å²) in [7, 11) is -2.20. The minimum absolute atomic E-state index is 0.231. The lowest BCUT2D eigenvalue weighted by Gasteiger charge is -2.18. The first-order valence-corrected chi connectivity index (χ1v) is 12.4. The number of rotatable bonds is 9. The quantitative estimate of drug-likeness (QED) is 0.412. The summed E-state index contributed by atoms with van der Waals surface area (Å²) in [5, 5.41) is 4.86. The number of ether oxygens (including phenoxy) is 2. The fourth-order valence-electron chi connectivity index (χ4n) is 2.55. The summed E-state index contributed by atoms with van der Waals surface area (Å²) in [4.78, 5) is 23.8. The van der Waals surface area contributed by atoms with Crippen LogP contribution in [0.1, 0.15) is 0 Å². The van der Waals surface area contributed by atoms with E-state index in [1.54, 1.807) is 29.6 Å². The van der Waals surface area contributed by atoms with Crippen molar-refractivity contribution in [2.75, 3.05) is 29.9 Å². The van der Waals surface area contributed by atoms with Crippen LogP contribution < -0.4 is 14.4 Å². The van der Waals surface area contributed by atoms with Crippen LogP contribution in [0.15, 0.2) is 64.2 Å². The van der Waals surface area contributed by atoms with Crippen LogP contribution in [-0.2, 0) is 24.3 Å². The van der Waals surface area contributed by atoms with E-state index in [4.69, 9.17) is 32.7 Å². The van der Waals surface area contributed by atoms with Crippen molar-refractivity contribution >= 4 is 67.8 Å². The van der Waals surface area contributed by atoms with Crippen molar-refractivity contribution in [3.05, 3.63) is 70.0 Å². The van der Waals surface area contributed by atoms with E-state index in [-0.39, 0.29) is 4.21 Å². The topological polar surface area (TPSA) is 102 Å². The highest BCUT2D eigenvalue weighted by atomic mass is 35.5. The molecule has 33 heavy (non-hydrogen) atoms.